The van der Waals surface area contributed by atoms with Gasteiger partial charge in [0.05, 0.1) is 12.6 Å². The van der Waals surface area contributed by atoms with Crippen LogP contribution in [0.5, 0.6) is 5.75 Å². The zero-order chi connectivity index (χ0) is 17.6. The van der Waals surface area contributed by atoms with E-state index in [0.29, 0.717) is 6.61 Å². The van der Waals surface area contributed by atoms with E-state index in [1.165, 1.54) is 11.1 Å². The van der Waals surface area contributed by atoms with E-state index in [4.69, 9.17) is 16.3 Å². The molecule has 0 aromatic heterocycles. The van der Waals surface area contributed by atoms with Gasteiger partial charge >= 0.3 is 0 Å². The van der Waals surface area contributed by atoms with Gasteiger partial charge in [-0.1, -0.05) is 41.4 Å². The van der Waals surface area contributed by atoms with Crippen molar-refractivity contribution in [1.82, 2.24) is 10.2 Å². The smallest absolute Gasteiger partial charge is 0.124 e. The minimum absolute atomic E-state index is 0.153. The molecule has 0 bridgehead atoms. The maximum Gasteiger partial charge on any atom is 0.124 e. The van der Waals surface area contributed by atoms with Gasteiger partial charge in [-0.25, -0.2) is 0 Å². The maximum absolute atomic E-state index is 6.36. The Morgan fingerprint density at radius 2 is 2.04 bits per heavy atom. The molecule has 1 aliphatic heterocycles. The van der Waals surface area contributed by atoms with Crippen molar-refractivity contribution in [3.05, 3.63) is 64.2 Å². The van der Waals surface area contributed by atoms with Crippen LogP contribution in [0.1, 0.15) is 36.1 Å². The van der Waals surface area contributed by atoms with Crippen LogP contribution in [0.2, 0.25) is 5.02 Å². The van der Waals surface area contributed by atoms with Crippen molar-refractivity contribution in [2.24, 2.45) is 0 Å². The van der Waals surface area contributed by atoms with E-state index in [1.54, 1.807) is 0 Å². The average Bonchev–Trinajstić information content (AvgIpc) is 2.87. The Balaban J connectivity index is 2.08. The quantitative estimate of drug-likeness (QED) is 0.855. The summed E-state index contributed by atoms with van der Waals surface area (Å²) in [5, 5.41) is 4.25. The van der Waals surface area contributed by atoms with Gasteiger partial charge < -0.3 is 10.1 Å². The van der Waals surface area contributed by atoms with E-state index >= 15 is 0 Å². The summed E-state index contributed by atoms with van der Waals surface area (Å²) < 4.78 is 5.95. The highest BCUT2D eigenvalue weighted by atomic mass is 35.5. The number of rotatable bonds is 5. The number of hydrogen-bond acceptors (Lipinski definition) is 3. The second-order valence-electron chi connectivity index (χ2n) is 6.57. The van der Waals surface area contributed by atoms with Crippen LogP contribution >= 0.6 is 11.6 Å². The Labute approximate surface area is 155 Å². The fraction of sp³-hybridized carbons (Fsp3) is 0.429. The van der Waals surface area contributed by atoms with E-state index in [-0.39, 0.29) is 6.04 Å². The average molecular weight is 359 g/mol. The van der Waals surface area contributed by atoms with Gasteiger partial charge in [-0.3, -0.25) is 4.90 Å². The summed E-state index contributed by atoms with van der Waals surface area (Å²) in [6.07, 6.45) is 1.15. The third kappa shape index (κ3) is 4.55. The van der Waals surface area contributed by atoms with Gasteiger partial charge in [-0.15, -0.1) is 0 Å². The third-order valence-electron chi connectivity index (χ3n) is 4.66. The summed E-state index contributed by atoms with van der Waals surface area (Å²) in [4.78, 5) is 2.54. The highest BCUT2D eigenvalue weighted by Gasteiger charge is 2.26. The molecule has 2 aromatic rings. The zero-order valence-electron chi connectivity index (χ0n) is 15.1. The van der Waals surface area contributed by atoms with Crippen molar-refractivity contribution < 1.29 is 4.74 Å². The summed E-state index contributed by atoms with van der Waals surface area (Å²) >= 11 is 6.36. The number of hydrogen-bond donors (Lipinski definition) is 1. The minimum Gasteiger partial charge on any atom is -0.494 e. The fourth-order valence-electron chi connectivity index (χ4n) is 3.57. The fourth-order valence-corrected chi connectivity index (χ4v) is 3.75. The van der Waals surface area contributed by atoms with Crippen molar-refractivity contribution in [3.63, 3.8) is 0 Å². The predicted molar refractivity (Wildman–Crippen MR) is 105 cm³/mol. The van der Waals surface area contributed by atoms with Crippen LogP contribution in [0.25, 0.3) is 0 Å². The normalized spacial score (nSPS) is 17.1. The molecule has 0 aliphatic carbocycles. The van der Waals surface area contributed by atoms with Gasteiger partial charge in [0.15, 0.2) is 0 Å². The number of nitrogens with one attached hydrogen (secondary N) is 1. The van der Waals surface area contributed by atoms with Crippen molar-refractivity contribution >= 4 is 11.6 Å². The van der Waals surface area contributed by atoms with Gasteiger partial charge in [0, 0.05) is 30.2 Å². The zero-order valence-corrected chi connectivity index (χ0v) is 15.9. The van der Waals surface area contributed by atoms with Crippen molar-refractivity contribution in [2.75, 3.05) is 32.8 Å². The van der Waals surface area contributed by atoms with E-state index in [1.807, 2.05) is 19.1 Å². The predicted octanol–water partition coefficient (Wildman–Crippen LogP) is 4.43. The van der Waals surface area contributed by atoms with Gasteiger partial charge in [-0.2, -0.15) is 0 Å². The van der Waals surface area contributed by atoms with E-state index < -0.39 is 0 Å². The van der Waals surface area contributed by atoms with Gasteiger partial charge in [0.2, 0.25) is 0 Å². The van der Waals surface area contributed by atoms with Crippen LogP contribution in [0.3, 0.4) is 0 Å². The lowest BCUT2D eigenvalue weighted by Crippen LogP contribution is -2.33. The number of aryl methyl sites for hydroxylation is 1. The lowest BCUT2D eigenvalue weighted by molar-refractivity contribution is 0.233. The van der Waals surface area contributed by atoms with Crippen LogP contribution in [0, 0.1) is 6.92 Å². The largest absolute Gasteiger partial charge is 0.494 e. The van der Waals surface area contributed by atoms with Crippen LogP contribution < -0.4 is 10.1 Å². The van der Waals surface area contributed by atoms with Crippen LogP contribution in [0.15, 0.2) is 42.5 Å². The highest BCUT2D eigenvalue weighted by molar-refractivity contribution is 6.30. The molecule has 3 nitrogen and oxygen atoms in total. The molecule has 0 saturated carbocycles. The number of halogens is 1. The number of nitrogens with zero attached hydrogens (tertiary/aromatic N) is 1. The second kappa shape index (κ2) is 8.70. The highest BCUT2D eigenvalue weighted by Crippen LogP contribution is 2.37. The first kappa shape index (κ1) is 18.2. The maximum atomic E-state index is 6.36. The molecule has 25 heavy (non-hydrogen) atoms. The molecule has 4 heteroatoms. The molecule has 1 unspecified atom stereocenters. The van der Waals surface area contributed by atoms with Gasteiger partial charge in [0.25, 0.3) is 0 Å². The van der Waals surface area contributed by atoms with E-state index in [9.17, 15) is 0 Å². The molecule has 134 valence electrons. The van der Waals surface area contributed by atoms with Crippen molar-refractivity contribution in [2.45, 2.75) is 26.3 Å². The topological polar surface area (TPSA) is 24.5 Å². The van der Waals surface area contributed by atoms with Gasteiger partial charge in [0.1, 0.15) is 5.75 Å². The van der Waals surface area contributed by atoms with Crippen LogP contribution in [0.4, 0.5) is 0 Å². The molecule has 0 spiro atoms. The second-order valence-corrected chi connectivity index (χ2v) is 7.01. The van der Waals surface area contributed by atoms with Crippen LogP contribution in [-0.4, -0.2) is 37.7 Å². The molecular formula is C21H27ClN2O. The monoisotopic (exact) mass is 358 g/mol. The summed E-state index contributed by atoms with van der Waals surface area (Å²) in [6.45, 7) is 8.97. The van der Waals surface area contributed by atoms with E-state index in [2.05, 4.69) is 47.5 Å². The standard InChI is InChI=1S/C21H27ClN2O/c1-3-25-20-9-8-18(22)15-19(20)21(17-7-4-6-16(2)14-17)24-12-5-10-23-11-13-24/h4,6-9,14-15,21,23H,3,5,10-13H2,1-2H3. The Bertz CT molecular complexity index is 696. The van der Waals surface area contributed by atoms with Crippen molar-refractivity contribution in [3.8, 4) is 5.75 Å². The first-order valence-electron chi connectivity index (χ1n) is 9.12. The molecule has 1 saturated heterocycles. The summed E-state index contributed by atoms with van der Waals surface area (Å²) in [5.41, 5.74) is 3.72. The molecule has 1 atom stereocenters. The molecule has 1 aliphatic rings. The number of benzene rings is 2. The molecule has 0 radical (unpaired) electrons. The lowest BCUT2D eigenvalue weighted by atomic mass is 9.94. The molecule has 3 rings (SSSR count). The first-order valence-corrected chi connectivity index (χ1v) is 9.50. The molecule has 1 heterocycles. The Morgan fingerprint density at radius 3 is 2.84 bits per heavy atom. The molecule has 0 amide bonds. The Hall–Kier alpha value is -1.55. The SMILES string of the molecule is CCOc1ccc(Cl)cc1C(c1cccc(C)c1)N1CCCNCC1. The van der Waals surface area contributed by atoms with E-state index in [0.717, 1.165) is 48.9 Å². The lowest BCUT2D eigenvalue weighted by Gasteiger charge is -2.32. The number of ether oxygens (including phenoxy) is 1. The Morgan fingerprint density at radius 1 is 1.16 bits per heavy atom. The third-order valence-corrected chi connectivity index (χ3v) is 4.90. The summed E-state index contributed by atoms with van der Waals surface area (Å²) in [7, 11) is 0. The molecular weight excluding hydrogens is 332 g/mol. The first-order chi connectivity index (χ1) is 12.2. The molecule has 1 fully saturated rings. The van der Waals surface area contributed by atoms with Crippen molar-refractivity contribution in [1.29, 1.82) is 0 Å². The molecule has 1 N–H and O–H groups in total. The van der Waals surface area contributed by atoms with Crippen LogP contribution in [-0.2, 0) is 0 Å². The Kier molecular flexibility index (Phi) is 6.35. The summed E-state index contributed by atoms with van der Waals surface area (Å²) in [5.74, 6) is 0.926. The van der Waals surface area contributed by atoms with Gasteiger partial charge in [-0.05, 0) is 50.6 Å². The minimum atomic E-state index is 0.153. The molecule has 2 aromatic carbocycles. The summed E-state index contributed by atoms with van der Waals surface area (Å²) in [6, 6.07) is 14.9.